The predicted molar refractivity (Wildman–Crippen MR) is 249 cm³/mol. The molecule has 61 heavy (non-hydrogen) atoms. The predicted octanol–water partition coefficient (Wildman–Crippen LogP) is 12.0. The smallest absolute Gasteiger partial charge is 0.271 e. The Labute approximate surface area is 370 Å². The second-order valence-corrected chi connectivity index (χ2v) is 20.8. The van der Waals surface area contributed by atoms with Crippen molar-refractivity contribution in [1.82, 2.24) is 13.2 Å². The Morgan fingerprint density at radius 3 is 1.44 bits per heavy atom. The quantitative estimate of drug-likeness (QED) is 0.0736. The summed E-state index contributed by atoms with van der Waals surface area (Å²) in [7, 11) is -8.47. The van der Waals surface area contributed by atoms with Gasteiger partial charge in [-0.05, 0) is 81.4 Å². The number of pyridine rings is 1. The van der Waals surface area contributed by atoms with Crippen LogP contribution in [0.15, 0.2) is 43.0 Å². The van der Waals surface area contributed by atoms with E-state index in [4.69, 9.17) is 0 Å². The van der Waals surface area contributed by atoms with Crippen LogP contribution in [0, 0.1) is 41.9 Å². The fourth-order valence-electron chi connectivity index (χ4n) is 8.06. The van der Waals surface area contributed by atoms with Gasteiger partial charge in [0.2, 0.25) is 25.9 Å². The molecule has 0 fully saturated rings. The van der Waals surface area contributed by atoms with Crippen LogP contribution in [0.1, 0.15) is 176 Å². The number of unbranched alkanes of at least 4 members (excludes halogenated alkanes) is 4. The van der Waals surface area contributed by atoms with E-state index in [0.29, 0.717) is 26.2 Å². The fourth-order valence-corrected chi connectivity index (χ4v) is 11.4. The molecule has 4 atom stereocenters. The van der Waals surface area contributed by atoms with E-state index in [1.54, 1.807) is 15.5 Å². The molecule has 1 N–H and O–H groups in total. The second-order valence-electron chi connectivity index (χ2n) is 17.0. The average Bonchev–Trinajstić information content (AvgIpc) is 3.25. The van der Waals surface area contributed by atoms with E-state index >= 15 is 8.42 Å². The van der Waals surface area contributed by atoms with Crippen molar-refractivity contribution in [1.29, 1.82) is 5.26 Å². The van der Waals surface area contributed by atoms with Crippen LogP contribution in [-0.2, 0) is 26.6 Å². The third kappa shape index (κ3) is 15.0. The van der Waals surface area contributed by atoms with Crippen LogP contribution in [0.3, 0.4) is 0 Å². The van der Waals surface area contributed by atoms with E-state index in [-0.39, 0.29) is 62.5 Å². The highest BCUT2D eigenvalue weighted by Crippen LogP contribution is 2.37. The van der Waals surface area contributed by atoms with Gasteiger partial charge in [-0.25, -0.2) is 16.8 Å². The highest BCUT2D eigenvalue weighted by Gasteiger charge is 2.34. The maximum Gasteiger partial charge on any atom is 0.271 e. The summed E-state index contributed by atoms with van der Waals surface area (Å²) in [5, 5.41) is 29.9. The van der Waals surface area contributed by atoms with Crippen molar-refractivity contribution < 1.29 is 21.9 Å². The van der Waals surface area contributed by atoms with Crippen LogP contribution in [0.4, 0.5) is 11.4 Å². The summed E-state index contributed by atoms with van der Waals surface area (Å²) in [6.07, 6.45) is 14.8. The molecule has 1 aromatic carbocycles. The average molecular weight is 889 g/mol. The summed E-state index contributed by atoms with van der Waals surface area (Å²) in [6.45, 7) is 21.3. The highest BCUT2D eigenvalue weighted by molar-refractivity contribution is 7.89. The maximum absolute atomic E-state index is 15.2. The first-order valence-electron chi connectivity index (χ1n) is 23.5. The van der Waals surface area contributed by atoms with Crippen molar-refractivity contribution in [2.45, 2.75) is 188 Å². The summed E-state index contributed by atoms with van der Waals surface area (Å²) in [6, 6.07) is 5.95. The Balaban J connectivity index is 3.04. The van der Waals surface area contributed by atoms with E-state index in [9.17, 15) is 23.6 Å². The molecule has 2 aromatic rings. The second kappa shape index (κ2) is 27.2. The lowest BCUT2D eigenvalue weighted by Gasteiger charge is -2.31. The Hall–Kier alpha value is -3.12. The molecule has 1 heterocycles. The van der Waals surface area contributed by atoms with Gasteiger partial charge in [0.15, 0.2) is 5.69 Å². The monoisotopic (exact) mass is 889 g/mol. The summed E-state index contributed by atoms with van der Waals surface area (Å²) in [5.74, 6) is 0.0217. The lowest BCUT2D eigenvalue weighted by atomic mass is 9.97. The molecule has 0 bridgehead atoms. The van der Waals surface area contributed by atoms with Crippen molar-refractivity contribution in [2.75, 3.05) is 26.2 Å². The number of rotatable bonds is 31. The maximum atomic E-state index is 15.2. The van der Waals surface area contributed by atoms with E-state index in [1.165, 1.54) is 25.1 Å². The molecule has 0 aliphatic rings. The van der Waals surface area contributed by atoms with Gasteiger partial charge in [-0.3, -0.25) is 9.36 Å². The summed E-state index contributed by atoms with van der Waals surface area (Å²) in [4.78, 5) is 12.7. The number of nitrogens with zero attached hydrogens (tertiary/aromatic N) is 6. The Kier molecular flexibility index (Phi) is 24.0. The molecular weight excluding hydrogens is 809 g/mol. The number of aromatic hydroxyl groups is 1. The van der Waals surface area contributed by atoms with Crippen molar-refractivity contribution in [3.8, 4) is 11.9 Å². The molecule has 2 rings (SSSR count). The lowest BCUT2D eigenvalue weighted by Crippen LogP contribution is -2.39. The van der Waals surface area contributed by atoms with Crippen LogP contribution < -0.4 is 5.56 Å². The molecule has 4 unspecified atom stereocenters. The van der Waals surface area contributed by atoms with Gasteiger partial charge < -0.3 is 5.11 Å². The first kappa shape index (κ1) is 54.0. The third-order valence-electron chi connectivity index (χ3n) is 12.5. The molecule has 0 saturated carbocycles. The molecule has 0 spiro atoms. The van der Waals surface area contributed by atoms with Crippen LogP contribution in [-0.4, -0.2) is 61.3 Å². The molecule has 0 aliphatic carbocycles. The summed E-state index contributed by atoms with van der Waals surface area (Å²) in [5.41, 5.74) is -1.19. The van der Waals surface area contributed by atoms with E-state index in [2.05, 4.69) is 65.6 Å². The minimum atomic E-state index is -4.30. The van der Waals surface area contributed by atoms with Gasteiger partial charge in [-0.2, -0.15) is 13.9 Å². The number of azo groups is 1. The van der Waals surface area contributed by atoms with E-state index < -0.39 is 31.5 Å². The number of hydrogen-bond acceptors (Lipinski definition) is 9. The van der Waals surface area contributed by atoms with Gasteiger partial charge in [-0.1, -0.05) is 132 Å². The molecule has 1 aromatic heterocycles. The van der Waals surface area contributed by atoms with Gasteiger partial charge in [0.25, 0.3) is 5.56 Å². The molecule has 346 valence electrons. The van der Waals surface area contributed by atoms with E-state index in [0.717, 1.165) is 107 Å². The zero-order chi connectivity index (χ0) is 45.8. The number of sulfonamides is 2. The molecule has 0 amide bonds. The minimum Gasteiger partial charge on any atom is -0.493 e. The molecule has 0 aliphatic heterocycles. The number of nitriles is 1. The number of benzene rings is 1. The SMILES string of the molecule is CCCCC(CC)CN(CC(CC)CCCC)S(=O)(=O)c1ccc(S(=O)(=O)N(CC(CC)CCCC)CC(CC)CCCC)c(/N=N/c2c(C)c(C#N)c(=O)n(CC)c2O)c1. The molecule has 14 heteroatoms. The van der Waals surface area contributed by atoms with Crippen LogP contribution in [0.2, 0.25) is 0 Å². The zero-order valence-corrected chi connectivity index (χ0v) is 41.0. The molecule has 0 saturated heterocycles. The van der Waals surface area contributed by atoms with Gasteiger partial charge >= 0.3 is 0 Å². The standard InChI is InChI=1S/C47H80N6O6S2/c1-11-20-24-37(15-5)32-51(33-38(16-6)25-21-12-2)60(56,57)41-28-29-44(43(30-41)49-50-45-36(10)42(31-48)46(54)53(19-9)47(45)55)61(58,59)52(34-39(17-7)26-22-13-3)35-40(18-8)27-23-14-4/h28-30,37-40,55H,11-27,32-35H2,1-10H3/b50-49+. The van der Waals surface area contributed by atoms with Crippen molar-refractivity contribution in [3.05, 3.63) is 39.7 Å². The van der Waals surface area contributed by atoms with Crippen LogP contribution in [0.5, 0.6) is 5.88 Å². The fraction of sp³-hybridized carbons (Fsp3) is 0.745. The van der Waals surface area contributed by atoms with Crippen molar-refractivity contribution >= 4 is 31.4 Å². The van der Waals surface area contributed by atoms with Gasteiger partial charge in [0, 0.05) is 38.3 Å². The minimum absolute atomic E-state index is 0.0432. The first-order chi connectivity index (χ1) is 29.1. The normalized spacial score (nSPS) is 14.5. The van der Waals surface area contributed by atoms with E-state index in [1.807, 2.05) is 6.07 Å². The number of aromatic nitrogens is 1. The Morgan fingerprint density at radius 2 is 1.08 bits per heavy atom. The van der Waals surface area contributed by atoms with Crippen molar-refractivity contribution in [2.24, 2.45) is 33.9 Å². The lowest BCUT2D eigenvalue weighted by molar-refractivity contribution is 0.270. The summed E-state index contributed by atoms with van der Waals surface area (Å²) >= 11 is 0. The van der Waals surface area contributed by atoms with Gasteiger partial charge in [-0.15, -0.1) is 10.2 Å². The van der Waals surface area contributed by atoms with Gasteiger partial charge in [0.05, 0.1) is 4.90 Å². The Bertz CT molecular complexity index is 1960. The summed E-state index contributed by atoms with van der Waals surface area (Å²) < 4.78 is 64.5. The highest BCUT2D eigenvalue weighted by atomic mass is 32.2. The topological polar surface area (TPSA) is 166 Å². The molecular formula is C47H80N6O6S2. The molecule has 0 radical (unpaired) electrons. The van der Waals surface area contributed by atoms with Crippen molar-refractivity contribution in [3.63, 3.8) is 0 Å². The molecule has 12 nitrogen and oxygen atoms in total. The Morgan fingerprint density at radius 1 is 0.672 bits per heavy atom. The zero-order valence-electron chi connectivity index (χ0n) is 39.4. The largest absolute Gasteiger partial charge is 0.493 e. The van der Waals surface area contributed by atoms with Crippen LogP contribution in [0.25, 0.3) is 0 Å². The number of hydrogen-bond donors (Lipinski definition) is 1. The third-order valence-corrected chi connectivity index (χ3v) is 16.3. The van der Waals surface area contributed by atoms with Gasteiger partial charge in [0.1, 0.15) is 22.2 Å². The van der Waals surface area contributed by atoms with Crippen LogP contribution >= 0.6 is 0 Å². The first-order valence-corrected chi connectivity index (χ1v) is 26.4.